The summed E-state index contributed by atoms with van der Waals surface area (Å²) in [6.45, 7) is 1.51. The molecule has 0 N–H and O–H groups in total. The second kappa shape index (κ2) is 6.63. The molecule has 0 spiro atoms. The molecular weight excluding hydrogens is 216 g/mol. The molecule has 17 heavy (non-hydrogen) atoms. The summed E-state index contributed by atoms with van der Waals surface area (Å²) in [6, 6.07) is 9.50. The van der Waals surface area contributed by atoms with Crippen molar-refractivity contribution in [3.8, 4) is 0 Å². The van der Waals surface area contributed by atoms with Crippen LogP contribution in [-0.4, -0.2) is 18.9 Å². The van der Waals surface area contributed by atoms with Gasteiger partial charge in [0.2, 0.25) is 0 Å². The topological polar surface area (TPSA) is 43.4 Å². The highest BCUT2D eigenvalue weighted by atomic mass is 16.5. The van der Waals surface area contributed by atoms with E-state index in [-0.39, 0.29) is 11.8 Å². The molecule has 0 bridgehead atoms. The Balaban J connectivity index is 2.86. The number of hydrogen-bond donors (Lipinski definition) is 0. The van der Waals surface area contributed by atoms with Gasteiger partial charge in [0.15, 0.2) is 0 Å². The molecule has 0 aliphatic rings. The maximum Gasteiger partial charge on any atom is 0.333 e. The quantitative estimate of drug-likeness (QED) is 0.579. The number of ketones is 1. The molecule has 0 saturated carbocycles. The van der Waals surface area contributed by atoms with Gasteiger partial charge in [-0.2, -0.15) is 0 Å². The summed E-state index contributed by atoms with van der Waals surface area (Å²) in [6.07, 6.45) is 2.53. The van der Waals surface area contributed by atoms with E-state index in [4.69, 9.17) is 4.74 Å². The average Bonchev–Trinajstić information content (AvgIpc) is 2.34. The Labute approximate surface area is 101 Å². The molecule has 90 valence electrons. The maximum atomic E-state index is 11.5. The van der Waals surface area contributed by atoms with Crippen LogP contribution < -0.4 is 0 Å². The zero-order chi connectivity index (χ0) is 12.7. The first-order valence-electron chi connectivity index (χ1n) is 5.47. The summed E-state index contributed by atoms with van der Waals surface area (Å²) >= 11 is 0. The molecule has 0 amide bonds. The molecule has 0 atom stereocenters. The second-order valence-electron chi connectivity index (χ2n) is 3.77. The largest absolute Gasteiger partial charge is 0.466 e. The molecule has 3 nitrogen and oxygen atoms in total. The minimum absolute atomic E-state index is 0.0628. The Bertz CT molecular complexity index is 418. The Hall–Kier alpha value is -1.90. The highest BCUT2D eigenvalue weighted by Gasteiger charge is 2.10. The fourth-order valence-corrected chi connectivity index (χ4v) is 1.43. The van der Waals surface area contributed by atoms with Crippen LogP contribution in [0.3, 0.4) is 0 Å². The Kier molecular flexibility index (Phi) is 5.14. The standard InChI is InChI=1S/C14H16O3/c1-11(15)8-9-13(14(16)17-2)10-12-6-4-3-5-7-12/h3-7,10H,8-9H2,1-2H3/b13-10+. The fourth-order valence-electron chi connectivity index (χ4n) is 1.43. The number of ether oxygens (including phenoxy) is 1. The van der Waals surface area contributed by atoms with Crippen molar-refractivity contribution in [2.24, 2.45) is 0 Å². The van der Waals surface area contributed by atoms with E-state index in [1.54, 1.807) is 6.08 Å². The molecular formula is C14H16O3. The van der Waals surface area contributed by atoms with Crippen molar-refractivity contribution in [3.63, 3.8) is 0 Å². The monoisotopic (exact) mass is 232 g/mol. The molecule has 0 saturated heterocycles. The molecule has 0 aromatic heterocycles. The van der Waals surface area contributed by atoms with Crippen LogP contribution in [0.5, 0.6) is 0 Å². The van der Waals surface area contributed by atoms with Crippen molar-refractivity contribution in [1.82, 2.24) is 0 Å². The number of carbonyl (C=O) groups excluding carboxylic acids is 2. The molecule has 0 fully saturated rings. The Morgan fingerprint density at radius 2 is 1.82 bits per heavy atom. The van der Waals surface area contributed by atoms with Gasteiger partial charge in [0.1, 0.15) is 5.78 Å². The van der Waals surface area contributed by atoms with Crippen molar-refractivity contribution in [2.75, 3.05) is 7.11 Å². The van der Waals surface area contributed by atoms with Gasteiger partial charge in [0.25, 0.3) is 0 Å². The number of methoxy groups -OCH3 is 1. The number of carbonyl (C=O) groups is 2. The van der Waals surface area contributed by atoms with Crippen LogP contribution in [0.2, 0.25) is 0 Å². The molecule has 0 unspecified atom stereocenters. The summed E-state index contributed by atoms with van der Waals surface area (Å²) < 4.78 is 4.70. The predicted molar refractivity (Wildman–Crippen MR) is 66.4 cm³/mol. The van der Waals surface area contributed by atoms with E-state index in [1.807, 2.05) is 30.3 Å². The molecule has 0 aliphatic heterocycles. The van der Waals surface area contributed by atoms with Crippen molar-refractivity contribution >= 4 is 17.8 Å². The minimum Gasteiger partial charge on any atom is -0.466 e. The van der Waals surface area contributed by atoms with Gasteiger partial charge in [-0.15, -0.1) is 0 Å². The first-order chi connectivity index (χ1) is 8.13. The average molecular weight is 232 g/mol. The lowest BCUT2D eigenvalue weighted by Crippen LogP contribution is -2.06. The number of Topliss-reactive ketones (excluding diaryl/α,β-unsaturated/α-hetero) is 1. The molecule has 0 aliphatic carbocycles. The number of esters is 1. The third-order valence-corrected chi connectivity index (χ3v) is 2.33. The van der Waals surface area contributed by atoms with Crippen LogP contribution in [0.15, 0.2) is 35.9 Å². The van der Waals surface area contributed by atoms with Gasteiger partial charge in [-0.25, -0.2) is 4.79 Å². The number of rotatable bonds is 5. The lowest BCUT2D eigenvalue weighted by atomic mass is 10.1. The van der Waals surface area contributed by atoms with Crippen LogP contribution in [-0.2, 0) is 14.3 Å². The van der Waals surface area contributed by atoms with E-state index in [9.17, 15) is 9.59 Å². The minimum atomic E-state index is -0.380. The van der Waals surface area contributed by atoms with Gasteiger partial charge >= 0.3 is 5.97 Å². The van der Waals surface area contributed by atoms with Crippen molar-refractivity contribution < 1.29 is 14.3 Å². The third-order valence-electron chi connectivity index (χ3n) is 2.33. The zero-order valence-corrected chi connectivity index (χ0v) is 10.1. The van der Waals surface area contributed by atoms with Gasteiger partial charge in [-0.1, -0.05) is 30.3 Å². The predicted octanol–water partition coefficient (Wildman–Crippen LogP) is 2.61. The summed E-state index contributed by atoms with van der Waals surface area (Å²) in [5.74, 6) is -0.317. The lowest BCUT2D eigenvalue weighted by molar-refractivity contribution is -0.136. The number of hydrogen-bond acceptors (Lipinski definition) is 3. The van der Waals surface area contributed by atoms with Crippen LogP contribution in [0.1, 0.15) is 25.3 Å². The summed E-state index contributed by atoms with van der Waals surface area (Å²) in [4.78, 5) is 22.5. The fraction of sp³-hybridized carbons (Fsp3) is 0.286. The molecule has 1 aromatic carbocycles. The van der Waals surface area contributed by atoms with Gasteiger partial charge < -0.3 is 9.53 Å². The summed E-state index contributed by atoms with van der Waals surface area (Å²) in [7, 11) is 1.34. The molecule has 1 aromatic rings. The van der Waals surface area contributed by atoms with E-state index < -0.39 is 0 Å². The molecule has 0 heterocycles. The normalized spacial score (nSPS) is 11.1. The Morgan fingerprint density at radius 3 is 2.35 bits per heavy atom. The summed E-state index contributed by atoms with van der Waals surface area (Å²) in [5.41, 5.74) is 1.45. The molecule has 3 heteroatoms. The Morgan fingerprint density at radius 1 is 1.18 bits per heavy atom. The number of benzene rings is 1. The maximum absolute atomic E-state index is 11.5. The van der Waals surface area contributed by atoms with Crippen molar-refractivity contribution in [2.45, 2.75) is 19.8 Å². The van der Waals surface area contributed by atoms with E-state index in [0.717, 1.165) is 5.56 Å². The van der Waals surface area contributed by atoms with Crippen molar-refractivity contribution in [3.05, 3.63) is 41.5 Å². The first-order valence-corrected chi connectivity index (χ1v) is 5.47. The first kappa shape index (κ1) is 13.2. The van der Waals surface area contributed by atoms with Gasteiger partial charge in [0.05, 0.1) is 7.11 Å². The van der Waals surface area contributed by atoms with Crippen LogP contribution in [0.4, 0.5) is 0 Å². The van der Waals surface area contributed by atoms with E-state index >= 15 is 0 Å². The highest BCUT2D eigenvalue weighted by Crippen LogP contribution is 2.13. The third kappa shape index (κ3) is 4.64. The van der Waals surface area contributed by atoms with E-state index in [1.165, 1.54) is 14.0 Å². The van der Waals surface area contributed by atoms with E-state index in [2.05, 4.69) is 0 Å². The van der Waals surface area contributed by atoms with E-state index in [0.29, 0.717) is 18.4 Å². The van der Waals surface area contributed by atoms with Gasteiger partial charge in [-0.3, -0.25) is 0 Å². The van der Waals surface area contributed by atoms with Crippen LogP contribution >= 0.6 is 0 Å². The van der Waals surface area contributed by atoms with Gasteiger partial charge in [-0.05, 0) is 25.0 Å². The molecule has 1 rings (SSSR count). The molecule has 0 radical (unpaired) electrons. The smallest absolute Gasteiger partial charge is 0.333 e. The van der Waals surface area contributed by atoms with Crippen LogP contribution in [0.25, 0.3) is 6.08 Å². The van der Waals surface area contributed by atoms with Crippen LogP contribution in [0, 0.1) is 0 Å². The summed E-state index contributed by atoms with van der Waals surface area (Å²) in [5, 5.41) is 0. The second-order valence-corrected chi connectivity index (χ2v) is 3.77. The SMILES string of the molecule is COC(=O)/C(=C/c1ccccc1)CCC(C)=O. The highest BCUT2D eigenvalue weighted by molar-refractivity contribution is 5.94. The van der Waals surface area contributed by atoms with Crippen molar-refractivity contribution in [1.29, 1.82) is 0 Å². The lowest BCUT2D eigenvalue weighted by Gasteiger charge is -2.04. The van der Waals surface area contributed by atoms with Gasteiger partial charge in [0, 0.05) is 12.0 Å². The zero-order valence-electron chi connectivity index (χ0n) is 10.1.